The summed E-state index contributed by atoms with van der Waals surface area (Å²) in [5.41, 5.74) is 0. The Morgan fingerprint density at radius 2 is 1.85 bits per heavy atom. The second kappa shape index (κ2) is 7.84. The van der Waals surface area contributed by atoms with Gasteiger partial charge in [-0.1, -0.05) is 6.92 Å². The van der Waals surface area contributed by atoms with E-state index < -0.39 is 5.97 Å². The number of likely N-dealkylation sites (tertiary alicyclic amines) is 1. The predicted octanol–water partition coefficient (Wildman–Crippen LogP) is -0.622. The summed E-state index contributed by atoms with van der Waals surface area (Å²) < 4.78 is 0. The molecule has 0 aromatic rings. The molecular weight excluding hydrogens is 262 g/mol. The summed E-state index contributed by atoms with van der Waals surface area (Å²) in [4.78, 5) is 37.7. The van der Waals surface area contributed by atoms with E-state index in [0.717, 1.165) is 0 Å². The van der Waals surface area contributed by atoms with Crippen LogP contribution in [0.5, 0.6) is 0 Å². The van der Waals surface area contributed by atoms with E-state index >= 15 is 0 Å². The Morgan fingerprint density at radius 3 is 2.30 bits per heavy atom. The molecule has 0 aromatic carbocycles. The smallest absolute Gasteiger partial charge is 0.306 e. The van der Waals surface area contributed by atoms with Crippen molar-refractivity contribution in [1.82, 2.24) is 15.1 Å². The van der Waals surface area contributed by atoms with Gasteiger partial charge in [0, 0.05) is 20.1 Å². The van der Waals surface area contributed by atoms with Crippen LogP contribution in [0.4, 0.5) is 0 Å². The summed E-state index contributed by atoms with van der Waals surface area (Å²) in [6, 6.07) is 0. The molecule has 1 aliphatic rings. The number of carboxylic acids is 1. The second-order valence-electron chi connectivity index (χ2n) is 4.97. The number of carbonyl (C=O) groups excluding carboxylic acids is 2. The molecule has 1 aliphatic heterocycles. The van der Waals surface area contributed by atoms with Gasteiger partial charge in [-0.25, -0.2) is 0 Å². The molecule has 7 heteroatoms. The zero-order chi connectivity index (χ0) is 15.1. The lowest BCUT2D eigenvalue weighted by Crippen LogP contribution is -2.46. The number of amides is 2. The maximum Gasteiger partial charge on any atom is 0.306 e. The monoisotopic (exact) mass is 285 g/mol. The van der Waals surface area contributed by atoms with Crippen molar-refractivity contribution >= 4 is 17.8 Å². The number of hydrogen-bond acceptors (Lipinski definition) is 4. The highest BCUT2D eigenvalue weighted by atomic mass is 16.4. The molecular formula is C13H23N3O4. The maximum atomic E-state index is 12.1. The van der Waals surface area contributed by atoms with Gasteiger partial charge in [-0.15, -0.1) is 0 Å². The van der Waals surface area contributed by atoms with Gasteiger partial charge in [0.15, 0.2) is 0 Å². The molecule has 1 rings (SSSR count). The van der Waals surface area contributed by atoms with Crippen molar-refractivity contribution in [3.05, 3.63) is 0 Å². The third kappa shape index (κ3) is 4.80. The minimum absolute atomic E-state index is 0.0420. The van der Waals surface area contributed by atoms with Crippen molar-refractivity contribution in [2.45, 2.75) is 19.8 Å². The lowest BCUT2D eigenvalue weighted by atomic mass is 9.97. The van der Waals surface area contributed by atoms with Crippen molar-refractivity contribution in [2.24, 2.45) is 5.92 Å². The van der Waals surface area contributed by atoms with Crippen LogP contribution in [0.15, 0.2) is 0 Å². The molecule has 0 saturated carbocycles. The first-order valence-corrected chi connectivity index (χ1v) is 6.91. The number of nitrogens with zero attached hydrogens (tertiary/aromatic N) is 2. The molecule has 20 heavy (non-hydrogen) atoms. The first kappa shape index (κ1) is 16.4. The Bertz CT molecular complexity index is 365. The number of rotatable bonds is 6. The standard InChI is InChI=1S/C13H23N3O4/c1-3-15(8-11(17)14-2)9-12(18)16-6-4-10(5-7-16)13(19)20/h10H,3-9H2,1-2H3,(H,14,17)(H,19,20). The maximum absolute atomic E-state index is 12.1. The van der Waals surface area contributed by atoms with Crippen molar-refractivity contribution in [1.29, 1.82) is 0 Å². The zero-order valence-corrected chi connectivity index (χ0v) is 12.1. The Kier molecular flexibility index (Phi) is 6.44. The molecule has 0 radical (unpaired) electrons. The van der Waals surface area contributed by atoms with Gasteiger partial charge in [-0.3, -0.25) is 19.3 Å². The fraction of sp³-hybridized carbons (Fsp3) is 0.769. The van der Waals surface area contributed by atoms with Crippen LogP contribution in [0.3, 0.4) is 0 Å². The molecule has 0 bridgehead atoms. The zero-order valence-electron chi connectivity index (χ0n) is 12.1. The Balaban J connectivity index is 2.42. The van der Waals surface area contributed by atoms with Gasteiger partial charge in [0.05, 0.1) is 19.0 Å². The molecule has 1 heterocycles. The van der Waals surface area contributed by atoms with Crippen LogP contribution in [-0.4, -0.2) is 72.5 Å². The van der Waals surface area contributed by atoms with Crippen LogP contribution in [0.1, 0.15) is 19.8 Å². The minimum atomic E-state index is -0.785. The number of nitrogens with one attached hydrogen (secondary N) is 1. The van der Waals surface area contributed by atoms with E-state index in [0.29, 0.717) is 32.5 Å². The van der Waals surface area contributed by atoms with Crippen LogP contribution in [-0.2, 0) is 14.4 Å². The summed E-state index contributed by atoms with van der Waals surface area (Å²) in [6.45, 7) is 3.87. The molecule has 0 aromatic heterocycles. The summed E-state index contributed by atoms with van der Waals surface area (Å²) in [5.74, 6) is -1.29. The van der Waals surface area contributed by atoms with Gasteiger partial charge >= 0.3 is 5.97 Å². The Morgan fingerprint density at radius 1 is 1.25 bits per heavy atom. The first-order valence-electron chi connectivity index (χ1n) is 6.91. The van der Waals surface area contributed by atoms with Crippen LogP contribution in [0.2, 0.25) is 0 Å². The number of piperidine rings is 1. The molecule has 2 amide bonds. The van der Waals surface area contributed by atoms with Crippen LogP contribution in [0, 0.1) is 5.92 Å². The summed E-state index contributed by atoms with van der Waals surface area (Å²) in [5, 5.41) is 11.4. The average molecular weight is 285 g/mol. The molecule has 2 N–H and O–H groups in total. The highest BCUT2D eigenvalue weighted by Gasteiger charge is 2.27. The highest BCUT2D eigenvalue weighted by molar-refractivity contribution is 5.81. The lowest BCUT2D eigenvalue weighted by Gasteiger charge is -2.31. The van der Waals surface area contributed by atoms with E-state index in [-0.39, 0.29) is 30.8 Å². The van der Waals surface area contributed by atoms with E-state index in [9.17, 15) is 14.4 Å². The molecule has 7 nitrogen and oxygen atoms in total. The molecule has 114 valence electrons. The van der Waals surface area contributed by atoms with E-state index in [1.807, 2.05) is 6.92 Å². The largest absolute Gasteiger partial charge is 0.481 e. The predicted molar refractivity (Wildman–Crippen MR) is 73.1 cm³/mol. The SMILES string of the molecule is CCN(CC(=O)NC)CC(=O)N1CCC(C(=O)O)CC1. The van der Waals surface area contributed by atoms with Crippen molar-refractivity contribution in [2.75, 3.05) is 39.8 Å². The fourth-order valence-corrected chi connectivity index (χ4v) is 2.23. The molecule has 0 atom stereocenters. The Hall–Kier alpha value is -1.63. The van der Waals surface area contributed by atoms with E-state index in [2.05, 4.69) is 5.32 Å². The van der Waals surface area contributed by atoms with Gasteiger partial charge in [-0.05, 0) is 19.4 Å². The number of carbonyl (C=O) groups is 3. The molecule has 0 unspecified atom stereocenters. The summed E-state index contributed by atoms with van der Waals surface area (Å²) >= 11 is 0. The van der Waals surface area contributed by atoms with Gasteiger partial charge in [0.1, 0.15) is 0 Å². The Labute approximate surface area is 118 Å². The molecule has 1 fully saturated rings. The topological polar surface area (TPSA) is 90.0 Å². The average Bonchev–Trinajstić information content (AvgIpc) is 2.46. The minimum Gasteiger partial charge on any atom is -0.481 e. The van der Waals surface area contributed by atoms with E-state index in [1.165, 1.54) is 0 Å². The highest BCUT2D eigenvalue weighted by Crippen LogP contribution is 2.17. The van der Waals surface area contributed by atoms with E-state index in [1.54, 1.807) is 16.8 Å². The van der Waals surface area contributed by atoms with Crippen LogP contribution >= 0.6 is 0 Å². The second-order valence-corrected chi connectivity index (χ2v) is 4.97. The lowest BCUT2D eigenvalue weighted by molar-refractivity contribution is -0.146. The number of aliphatic carboxylic acids is 1. The molecule has 0 aliphatic carbocycles. The van der Waals surface area contributed by atoms with E-state index in [4.69, 9.17) is 5.11 Å². The fourth-order valence-electron chi connectivity index (χ4n) is 2.23. The number of carboxylic acid groups (broad SMARTS) is 1. The summed E-state index contributed by atoms with van der Waals surface area (Å²) in [7, 11) is 1.56. The molecule has 0 spiro atoms. The third-order valence-electron chi connectivity index (χ3n) is 3.65. The quantitative estimate of drug-likeness (QED) is 0.678. The van der Waals surface area contributed by atoms with Gasteiger partial charge < -0.3 is 15.3 Å². The van der Waals surface area contributed by atoms with Crippen LogP contribution < -0.4 is 5.32 Å². The van der Waals surface area contributed by atoms with Crippen molar-refractivity contribution < 1.29 is 19.5 Å². The van der Waals surface area contributed by atoms with Crippen LogP contribution in [0.25, 0.3) is 0 Å². The summed E-state index contributed by atoms with van der Waals surface area (Å²) in [6.07, 6.45) is 1.01. The van der Waals surface area contributed by atoms with Gasteiger partial charge in [0.2, 0.25) is 11.8 Å². The van der Waals surface area contributed by atoms with Gasteiger partial charge in [-0.2, -0.15) is 0 Å². The van der Waals surface area contributed by atoms with Gasteiger partial charge in [0.25, 0.3) is 0 Å². The van der Waals surface area contributed by atoms with Crippen molar-refractivity contribution in [3.8, 4) is 0 Å². The third-order valence-corrected chi connectivity index (χ3v) is 3.65. The number of likely N-dealkylation sites (N-methyl/N-ethyl adjacent to an activating group) is 2. The number of hydrogen-bond donors (Lipinski definition) is 2. The molecule has 1 saturated heterocycles. The van der Waals surface area contributed by atoms with Crippen molar-refractivity contribution in [3.63, 3.8) is 0 Å². The normalized spacial score (nSPS) is 16.2. The first-order chi connectivity index (χ1) is 9.47.